The number of rotatable bonds is 4. The van der Waals surface area contributed by atoms with E-state index in [1.165, 1.54) is 54.5 Å². The van der Waals surface area contributed by atoms with E-state index in [9.17, 15) is 0 Å². The summed E-state index contributed by atoms with van der Waals surface area (Å²) in [5, 5.41) is 10.6. The largest absolute Gasteiger partial charge is 0.497 e. The first-order valence-electron chi connectivity index (χ1n) is 11.2. The smallest absolute Gasteiger partial charge is 0.119 e. The van der Waals surface area contributed by atoms with Gasteiger partial charge in [0.05, 0.1) is 7.11 Å². The molecule has 6 aromatic carbocycles. The molecule has 0 aromatic heterocycles. The maximum atomic E-state index is 5.38. The number of fused-ring (bicyclic) bond motifs is 2. The second-order valence-electron chi connectivity index (χ2n) is 8.73. The first-order valence-corrected chi connectivity index (χ1v) is 11.2. The molecule has 0 unspecified atom stereocenters. The Morgan fingerprint density at radius 3 is 1.78 bits per heavy atom. The molecule has 0 aliphatic heterocycles. The third-order valence-electron chi connectivity index (χ3n) is 6.63. The third kappa shape index (κ3) is 2.66. The molecule has 0 heterocycles. The molecule has 6 aromatic rings. The predicted molar refractivity (Wildman–Crippen MR) is 138 cm³/mol. The third-order valence-corrected chi connectivity index (χ3v) is 6.63. The van der Waals surface area contributed by atoms with Crippen LogP contribution in [0.3, 0.4) is 0 Å². The average Bonchev–Trinajstić information content (AvgIpc) is 2.83. The molecule has 0 fully saturated rings. The van der Waals surface area contributed by atoms with Crippen molar-refractivity contribution in [3.8, 4) is 5.75 Å². The van der Waals surface area contributed by atoms with E-state index in [4.69, 9.17) is 4.74 Å². The second kappa shape index (κ2) is 7.13. The van der Waals surface area contributed by atoms with Crippen LogP contribution >= 0.6 is 0 Å². The van der Waals surface area contributed by atoms with Crippen molar-refractivity contribution in [1.82, 2.24) is 0 Å². The molecule has 0 amide bonds. The Morgan fingerprint density at radius 2 is 1.16 bits per heavy atom. The summed E-state index contributed by atoms with van der Waals surface area (Å²) in [6.45, 7) is 4.49. The van der Waals surface area contributed by atoms with E-state index >= 15 is 0 Å². The highest BCUT2D eigenvalue weighted by molar-refractivity contribution is 6.34. The molecule has 32 heavy (non-hydrogen) atoms. The van der Waals surface area contributed by atoms with Crippen LogP contribution in [0.1, 0.15) is 13.8 Å². The highest BCUT2D eigenvalue weighted by atomic mass is 16.5. The first kappa shape index (κ1) is 18.9. The van der Waals surface area contributed by atoms with Gasteiger partial charge in [-0.25, -0.2) is 0 Å². The number of methoxy groups -OCH3 is 1. The molecule has 156 valence electrons. The fraction of sp³-hybridized carbons (Fsp3) is 0.133. The van der Waals surface area contributed by atoms with E-state index in [2.05, 4.69) is 97.6 Å². The SMILES string of the molecule is COc1ccc(N(c2ccc3c4cccc5cccc(c6cccc2c63)c54)C(C)C)cc1. The minimum atomic E-state index is 0.305. The molecule has 0 aliphatic carbocycles. The summed E-state index contributed by atoms with van der Waals surface area (Å²) in [4.78, 5) is 2.42. The number of nitrogens with zero attached hydrogens (tertiary/aromatic N) is 1. The number of benzene rings is 6. The van der Waals surface area contributed by atoms with E-state index < -0.39 is 0 Å². The van der Waals surface area contributed by atoms with E-state index in [-0.39, 0.29) is 0 Å². The van der Waals surface area contributed by atoms with E-state index in [1.807, 2.05) is 12.1 Å². The Kier molecular flexibility index (Phi) is 4.22. The van der Waals surface area contributed by atoms with Gasteiger partial charge in [-0.1, -0.05) is 60.7 Å². The van der Waals surface area contributed by atoms with Crippen molar-refractivity contribution >= 4 is 54.5 Å². The zero-order valence-electron chi connectivity index (χ0n) is 18.6. The molecule has 0 saturated carbocycles. The molecule has 0 radical (unpaired) electrons. The molecule has 0 bridgehead atoms. The standard InChI is InChI=1S/C30H25NO/c1-19(2)31(21-13-15-22(32-3)16-14-21)28-18-17-26-24-10-5-8-20-7-4-9-23(29(20)24)25-11-6-12-27(28)30(25)26/h4-19H,1-3H3. The fourth-order valence-corrected chi connectivity index (χ4v) is 5.30. The van der Waals surface area contributed by atoms with E-state index in [1.54, 1.807) is 7.11 Å². The molecule has 0 saturated heterocycles. The Morgan fingerprint density at radius 1 is 0.594 bits per heavy atom. The van der Waals surface area contributed by atoms with Crippen LogP contribution in [0, 0.1) is 0 Å². The van der Waals surface area contributed by atoms with Crippen molar-refractivity contribution in [2.75, 3.05) is 12.0 Å². The van der Waals surface area contributed by atoms with Crippen molar-refractivity contribution in [3.05, 3.63) is 91.0 Å². The van der Waals surface area contributed by atoms with Crippen LogP contribution < -0.4 is 9.64 Å². The van der Waals surface area contributed by atoms with Crippen LogP contribution in [0.15, 0.2) is 91.0 Å². The lowest BCUT2D eigenvalue weighted by molar-refractivity contribution is 0.415. The minimum absolute atomic E-state index is 0.305. The highest BCUT2D eigenvalue weighted by Crippen LogP contribution is 2.44. The topological polar surface area (TPSA) is 12.5 Å². The van der Waals surface area contributed by atoms with Crippen molar-refractivity contribution in [2.24, 2.45) is 0 Å². The van der Waals surface area contributed by atoms with Crippen LogP contribution in [0.2, 0.25) is 0 Å². The van der Waals surface area contributed by atoms with Gasteiger partial charge in [-0.15, -0.1) is 0 Å². The van der Waals surface area contributed by atoms with Gasteiger partial charge in [0.25, 0.3) is 0 Å². The molecule has 0 aliphatic rings. The fourth-order valence-electron chi connectivity index (χ4n) is 5.30. The monoisotopic (exact) mass is 415 g/mol. The number of anilines is 2. The van der Waals surface area contributed by atoms with Gasteiger partial charge in [-0.05, 0) is 81.9 Å². The van der Waals surface area contributed by atoms with Crippen molar-refractivity contribution < 1.29 is 4.74 Å². The van der Waals surface area contributed by atoms with Crippen molar-refractivity contribution in [2.45, 2.75) is 19.9 Å². The Bertz CT molecular complexity index is 1530. The lowest BCUT2D eigenvalue weighted by Crippen LogP contribution is -2.25. The second-order valence-corrected chi connectivity index (χ2v) is 8.73. The average molecular weight is 416 g/mol. The van der Waals surface area contributed by atoms with Gasteiger partial charge in [0.2, 0.25) is 0 Å². The number of hydrogen-bond donors (Lipinski definition) is 0. The van der Waals surface area contributed by atoms with Crippen LogP contribution in [0.25, 0.3) is 43.1 Å². The summed E-state index contributed by atoms with van der Waals surface area (Å²) in [7, 11) is 1.71. The Hall–Kier alpha value is -3.78. The molecule has 0 N–H and O–H groups in total. The number of hydrogen-bond acceptors (Lipinski definition) is 2. The molecular weight excluding hydrogens is 390 g/mol. The summed E-state index contributed by atoms with van der Waals surface area (Å²) in [5.41, 5.74) is 2.40. The molecular formula is C30H25NO. The number of ether oxygens (including phenoxy) is 1. The lowest BCUT2D eigenvalue weighted by Gasteiger charge is -2.31. The van der Waals surface area contributed by atoms with Gasteiger partial charge in [-0.2, -0.15) is 0 Å². The van der Waals surface area contributed by atoms with Crippen LogP contribution in [0.5, 0.6) is 5.75 Å². The Balaban J connectivity index is 1.70. The summed E-state index contributed by atoms with van der Waals surface area (Å²) < 4.78 is 5.38. The molecule has 0 spiro atoms. The predicted octanol–water partition coefficient (Wildman–Crippen LogP) is 8.29. The Labute approximate surface area is 188 Å². The molecule has 0 atom stereocenters. The zero-order chi connectivity index (χ0) is 21.8. The summed E-state index contributed by atoms with van der Waals surface area (Å²) in [5.74, 6) is 0.874. The molecule has 2 heteroatoms. The van der Waals surface area contributed by atoms with E-state index in [0.29, 0.717) is 6.04 Å². The molecule has 6 rings (SSSR count). The van der Waals surface area contributed by atoms with Gasteiger partial charge in [0.15, 0.2) is 0 Å². The maximum Gasteiger partial charge on any atom is 0.119 e. The zero-order valence-corrected chi connectivity index (χ0v) is 18.6. The quantitative estimate of drug-likeness (QED) is 0.212. The highest BCUT2D eigenvalue weighted by Gasteiger charge is 2.19. The van der Waals surface area contributed by atoms with E-state index in [0.717, 1.165) is 5.75 Å². The summed E-state index contributed by atoms with van der Waals surface area (Å²) in [6.07, 6.45) is 0. The minimum Gasteiger partial charge on any atom is -0.497 e. The first-order chi connectivity index (χ1) is 15.7. The lowest BCUT2D eigenvalue weighted by atomic mass is 9.89. The van der Waals surface area contributed by atoms with Gasteiger partial charge < -0.3 is 9.64 Å². The van der Waals surface area contributed by atoms with Crippen LogP contribution in [-0.4, -0.2) is 13.2 Å². The summed E-state index contributed by atoms with van der Waals surface area (Å²) >= 11 is 0. The summed E-state index contributed by atoms with van der Waals surface area (Å²) in [6, 6.07) is 33.3. The maximum absolute atomic E-state index is 5.38. The van der Waals surface area contributed by atoms with Gasteiger partial charge >= 0.3 is 0 Å². The van der Waals surface area contributed by atoms with Gasteiger partial charge in [0.1, 0.15) is 5.75 Å². The van der Waals surface area contributed by atoms with Gasteiger partial charge in [-0.3, -0.25) is 0 Å². The molecule has 2 nitrogen and oxygen atoms in total. The van der Waals surface area contributed by atoms with Crippen LogP contribution in [-0.2, 0) is 0 Å². The van der Waals surface area contributed by atoms with Crippen molar-refractivity contribution in [3.63, 3.8) is 0 Å². The van der Waals surface area contributed by atoms with Crippen LogP contribution in [0.4, 0.5) is 11.4 Å². The van der Waals surface area contributed by atoms with Gasteiger partial charge in [0, 0.05) is 22.8 Å². The van der Waals surface area contributed by atoms with Crippen molar-refractivity contribution in [1.29, 1.82) is 0 Å². The normalized spacial score (nSPS) is 11.9.